The fraction of sp³-hybridized carbons (Fsp3) is 0.417. The lowest BCUT2D eigenvalue weighted by molar-refractivity contribution is 0.936. The average molecular weight is 175 g/mol. The van der Waals surface area contributed by atoms with Gasteiger partial charge in [0, 0.05) is 12.8 Å². The van der Waals surface area contributed by atoms with Gasteiger partial charge in [-0.2, -0.15) is 0 Å². The van der Waals surface area contributed by atoms with Crippen LogP contribution in [0.1, 0.15) is 30.0 Å². The molecule has 0 unspecified atom stereocenters. The van der Waals surface area contributed by atoms with Crippen molar-refractivity contribution < 1.29 is 0 Å². The highest BCUT2D eigenvalue weighted by atomic mass is 14.7. The zero-order valence-electron chi connectivity index (χ0n) is 8.67. The molecule has 1 heteroatoms. The van der Waals surface area contributed by atoms with E-state index in [1.165, 1.54) is 16.7 Å². The van der Waals surface area contributed by atoms with Gasteiger partial charge in [0.25, 0.3) is 0 Å². The topological polar surface area (TPSA) is 12.4 Å². The van der Waals surface area contributed by atoms with E-state index in [1.807, 2.05) is 6.21 Å². The molecule has 0 spiro atoms. The van der Waals surface area contributed by atoms with E-state index in [4.69, 9.17) is 0 Å². The van der Waals surface area contributed by atoms with Crippen LogP contribution in [0.4, 0.5) is 0 Å². The van der Waals surface area contributed by atoms with Crippen LogP contribution in [-0.2, 0) is 0 Å². The van der Waals surface area contributed by atoms with Gasteiger partial charge in [-0.3, -0.25) is 4.99 Å². The summed E-state index contributed by atoms with van der Waals surface area (Å²) < 4.78 is 0. The molecule has 0 bridgehead atoms. The van der Waals surface area contributed by atoms with Gasteiger partial charge >= 0.3 is 0 Å². The van der Waals surface area contributed by atoms with Crippen molar-refractivity contribution in [2.24, 2.45) is 4.99 Å². The van der Waals surface area contributed by atoms with Gasteiger partial charge in [0.15, 0.2) is 0 Å². The molecule has 1 aromatic carbocycles. The molecule has 0 saturated carbocycles. The van der Waals surface area contributed by atoms with E-state index in [-0.39, 0.29) is 0 Å². The van der Waals surface area contributed by atoms with Crippen LogP contribution in [0.2, 0.25) is 0 Å². The number of hydrogen-bond acceptors (Lipinski definition) is 1. The Balaban J connectivity index is 2.87. The van der Waals surface area contributed by atoms with Gasteiger partial charge < -0.3 is 0 Å². The van der Waals surface area contributed by atoms with Crippen LogP contribution < -0.4 is 0 Å². The predicted octanol–water partition coefficient (Wildman–Crippen LogP) is 3.13. The lowest BCUT2D eigenvalue weighted by Crippen LogP contribution is -1.92. The highest BCUT2D eigenvalue weighted by Crippen LogP contribution is 2.10. The van der Waals surface area contributed by atoms with Crippen LogP contribution >= 0.6 is 0 Å². The molecule has 0 aliphatic rings. The molecular formula is C12H17N. The minimum atomic E-state index is 0.924. The van der Waals surface area contributed by atoms with Gasteiger partial charge in [0.1, 0.15) is 0 Å². The number of rotatable bonds is 3. The average Bonchev–Trinajstić information content (AvgIpc) is 2.10. The van der Waals surface area contributed by atoms with Crippen LogP contribution in [0, 0.1) is 13.8 Å². The van der Waals surface area contributed by atoms with Gasteiger partial charge in [-0.25, -0.2) is 0 Å². The molecule has 0 radical (unpaired) electrons. The van der Waals surface area contributed by atoms with Gasteiger partial charge in [-0.15, -0.1) is 0 Å². The first-order valence-corrected chi connectivity index (χ1v) is 4.81. The molecule has 0 aliphatic heterocycles. The van der Waals surface area contributed by atoms with Gasteiger partial charge in [0.05, 0.1) is 0 Å². The van der Waals surface area contributed by atoms with Crippen LogP contribution in [-0.4, -0.2) is 12.8 Å². The smallest absolute Gasteiger partial charge is 0.0386 e. The summed E-state index contributed by atoms with van der Waals surface area (Å²) in [7, 11) is 0. The number of hydrogen-bond donors (Lipinski definition) is 0. The number of benzene rings is 1. The summed E-state index contributed by atoms with van der Waals surface area (Å²) in [5.74, 6) is 0. The fourth-order valence-corrected chi connectivity index (χ4v) is 1.32. The Kier molecular flexibility index (Phi) is 3.69. The molecule has 70 valence electrons. The summed E-state index contributed by atoms with van der Waals surface area (Å²) in [5.41, 5.74) is 3.88. The van der Waals surface area contributed by atoms with Crippen LogP contribution in [0.25, 0.3) is 0 Å². The molecule has 0 fully saturated rings. The highest BCUT2D eigenvalue weighted by molar-refractivity contribution is 5.83. The van der Waals surface area contributed by atoms with Crippen molar-refractivity contribution in [3.63, 3.8) is 0 Å². The first-order valence-electron chi connectivity index (χ1n) is 4.81. The Morgan fingerprint density at radius 1 is 1.23 bits per heavy atom. The molecule has 13 heavy (non-hydrogen) atoms. The predicted molar refractivity (Wildman–Crippen MR) is 58.7 cm³/mol. The quantitative estimate of drug-likeness (QED) is 0.626. The second-order valence-electron chi connectivity index (χ2n) is 3.34. The van der Waals surface area contributed by atoms with Crippen LogP contribution in [0.15, 0.2) is 23.2 Å². The summed E-state index contributed by atoms with van der Waals surface area (Å²) in [5, 5.41) is 0. The van der Waals surface area contributed by atoms with Crippen molar-refractivity contribution >= 4 is 6.21 Å². The molecule has 1 rings (SSSR count). The second kappa shape index (κ2) is 4.80. The largest absolute Gasteiger partial charge is 0.293 e. The van der Waals surface area contributed by atoms with Gasteiger partial charge in [0.2, 0.25) is 0 Å². The Hall–Kier alpha value is -1.11. The number of aliphatic imine (C=N–C) groups is 1. The first-order chi connectivity index (χ1) is 6.25. The highest BCUT2D eigenvalue weighted by Gasteiger charge is 1.96. The maximum absolute atomic E-state index is 4.36. The molecule has 0 aliphatic carbocycles. The molecule has 0 N–H and O–H groups in total. The third kappa shape index (κ3) is 2.69. The van der Waals surface area contributed by atoms with E-state index < -0.39 is 0 Å². The van der Waals surface area contributed by atoms with Crippen molar-refractivity contribution in [3.8, 4) is 0 Å². The standard InChI is InChI=1S/C12H17N/c1-4-8-13-9-12-10(2)6-5-7-11(12)3/h5-7,9H,4,8H2,1-3H3. The maximum Gasteiger partial charge on any atom is 0.0386 e. The van der Waals surface area contributed by atoms with Crippen LogP contribution in [0.5, 0.6) is 0 Å². The molecule has 1 aromatic rings. The Morgan fingerprint density at radius 3 is 2.38 bits per heavy atom. The van der Waals surface area contributed by atoms with Crippen molar-refractivity contribution in [2.75, 3.05) is 6.54 Å². The van der Waals surface area contributed by atoms with Gasteiger partial charge in [-0.1, -0.05) is 25.1 Å². The number of aryl methyl sites for hydroxylation is 2. The zero-order chi connectivity index (χ0) is 9.68. The van der Waals surface area contributed by atoms with Gasteiger partial charge in [-0.05, 0) is 37.0 Å². The third-order valence-electron chi connectivity index (χ3n) is 2.12. The molecule has 0 aromatic heterocycles. The van der Waals surface area contributed by atoms with Crippen LogP contribution in [0.3, 0.4) is 0 Å². The summed E-state index contributed by atoms with van der Waals surface area (Å²) in [6, 6.07) is 6.34. The van der Waals surface area contributed by atoms with E-state index in [9.17, 15) is 0 Å². The summed E-state index contributed by atoms with van der Waals surface area (Å²) in [6.45, 7) is 7.32. The van der Waals surface area contributed by atoms with Crippen molar-refractivity contribution in [1.82, 2.24) is 0 Å². The Bertz CT molecular complexity index is 280. The normalized spacial score (nSPS) is 11.0. The van der Waals surface area contributed by atoms with E-state index in [0.717, 1.165) is 13.0 Å². The zero-order valence-corrected chi connectivity index (χ0v) is 8.67. The minimum Gasteiger partial charge on any atom is -0.293 e. The molecule has 1 nitrogen and oxygen atoms in total. The molecular weight excluding hydrogens is 158 g/mol. The molecule has 0 heterocycles. The molecule has 0 amide bonds. The van der Waals surface area contributed by atoms with E-state index >= 15 is 0 Å². The lowest BCUT2D eigenvalue weighted by Gasteiger charge is -2.02. The minimum absolute atomic E-state index is 0.924. The SMILES string of the molecule is CCCN=Cc1c(C)cccc1C. The Morgan fingerprint density at radius 2 is 1.85 bits per heavy atom. The fourth-order valence-electron chi connectivity index (χ4n) is 1.32. The Labute approximate surface area is 80.5 Å². The van der Waals surface area contributed by atoms with E-state index in [2.05, 4.69) is 44.0 Å². The van der Waals surface area contributed by atoms with E-state index in [0.29, 0.717) is 0 Å². The molecule has 0 saturated heterocycles. The monoisotopic (exact) mass is 175 g/mol. The number of nitrogens with zero attached hydrogens (tertiary/aromatic N) is 1. The van der Waals surface area contributed by atoms with E-state index in [1.54, 1.807) is 0 Å². The third-order valence-corrected chi connectivity index (χ3v) is 2.12. The maximum atomic E-state index is 4.36. The summed E-state index contributed by atoms with van der Waals surface area (Å²) in [4.78, 5) is 4.36. The van der Waals surface area contributed by atoms with Crippen molar-refractivity contribution in [2.45, 2.75) is 27.2 Å². The summed E-state index contributed by atoms with van der Waals surface area (Å²) in [6.07, 6.45) is 3.11. The summed E-state index contributed by atoms with van der Waals surface area (Å²) >= 11 is 0. The van der Waals surface area contributed by atoms with Crippen molar-refractivity contribution in [1.29, 1.82) is 0 Å². The second-order valence-corrected chi connectivity index (χ2v) is 3.34. The lowest BCUT2D eigenvalue weighted by atomic mass is 10.0. The molecule has 0 atom stereocenters. The van der Waals surface area contributed by atoms with Crippen molar-refractivity contribution in [3.05, 3.63) is 34.9 Å². The first kappa shape index (κ1) is 9.97.